The molecule has 1 heterocycles. The van der Waals surface area contributed by atoms with Gasteiger partial charge in [-0.3, -0.25) is 5.10 Å². The first-order valence-corrected chi connectivity index (χ1v) is 7.31. The zero-order valence-electron chi connectivity index (χ0n) is 10.5. The Kier molecular flexibility index (Phi) is 2.91. The molecule has 0 unspecified atom stereocenters. The van der Waals surface area contributed by atoms with Gasteiger partial charge in [-0.25, -0.2) is 17.2 Å². The maximum Gasteiger partial charge on any atom is 0.206 e. The smallest absolute Gasteiger partial charge is 0.206 e. The van der Waals surface area contributed by atoms with Gasteiger partial charge in [-0.2, -0.15) is 5.10 Å². The summed E-state index contributed by atoms with van der Waals surface area (Å²) in [6.45, 7) is 0. The Hall–Kier alpha value is -2.48. The lowest BCUT2D eigenvalue weighted by molar-refractivity contribution is 0.567. The summed E-state index contributed by atoms with van der Waals surface area (Å²) in [7, 11) is -4.05. The van der Waals surface area contributed by atoms with Gasteiger partial charge in [0, 0.05) is 11.5 Å². The zero-order valence-corrected chi connectivity index (χ0v) is 11.3. The number of nitrogens with one attached hydrogen (secondary N) is 1. The first-order valence-electron chi connectivity index (χ1n) is 5.83. The summed E-state index contributed by atoms with van der Waals surface area (Å²) in [6.07, 6.45) is 0. The normalized spacial score (nSPS) is 11.9. The second-order valence-electron chi connectivity index (χ2n) is 4.42. The van der Waals surface area contributed by atoms with Crippen molar-refractivity contribution in [3.05, 3.63) is 48.0 Å². The lowest BCUT2D eigenvalue weighted by Gasteiger charge is -2.05. The third-order valence-corrected chi connectivity index (χ3v) is 4.75. The number of nitrogen functional groups attached to an aromatic ring is 1. The van der Waals surface area contributed by atoms with Crippen molar-refractivity contribution in [3.8, 4) is 0 Å². The SMILES string of the molecule is Nc1n[nH]c2ccc(S(=O)(=O)c3cc(F)cc(F)c3)cc12. The van der Waals surface area contributed by atoms with Crippen LogP contribution in [0.1, 0.15) is 0 Å². The van der Waals surface area contributed by atoms with Crippen molar-refractivity contribution in [3.63, 3.8) is 0 Å². The number of halogens is 2. The maximum atomic E-state index is 13.2. The highest BCUT2D eigenvalue weighted by Crippen LogP contribution is 2.27. The molecule has 0 fully saturated rings. The van der Waals surface area contributed by atoms with Crippen molar-refractivity contribution in [2.75, 3.05) is 5.73 Å². The molecule has 3 aromatic rings. The van der Waals surface area contributed by atoms with Crippen LogP contribution in [0.4, 0.5) is 14.6 Å². The maximum absolute atomic E-state index is 13.2. The lowest BCUT2D eigenvalue weighted by Crippen LogP contribution is -2.03. The van der Waals surface area contributed by atoms with Crippen LogP contribution >= 0.6 is 0 Å². The van der Waals surface area contributed by atoms with Crippen LogP contribution in [0.3, 0.4) is 0 Å². The molecule has 0 atom stereocenters. The summed E-state index contributed by atoms with van der Waals surface area (Å²) >= 11 is 0. The Morgan fingerprint density at radius 2 is 1.67 bits per heavy atom. The highest BCUT2D eigenvalue weighted by atomic mass is 32.2. The minimum Gasteiger partial charge on any atom is -0.382 e. The Balaban J connectivity index is 2.21. The van der Waals surface area contributed by atoms with Crippen LogP contribution in [0.2, 0.25) is 0 Å². The van der Waals surface area contributed by atoms with E-state index >= 15 is 0 Å². The van der Waals surface area contributed by atoms with Gasteiger partial charge in [0.05, 0.1) is 15.3 Å². The van der Waals surface area contributed by atoms with Crippen LogP contribution in [-0.4, -0.2) is 18.6 Å². The highest BCUT2D eigenvalue weighted by Gasteiger charge is 2.20. The van der Waals surface area contributed by atoms with E-state index in [1.54, 1.807) is 0 Å². The van der Waals surface area contributed by atoms with E-state index in [2.05, 4.69) is 10.2 Å². The van der Waals surface area contributed by atoms with Crippen LogP contribution in [-0.2, 0) is 9.84 Å². The molecule has 5 nitrogen and oxygen atoms in total. The van der Waals surface area contributed by atoms with Crippen molar-refractivity contribution in [2.45, 2.75) is 9.79 Å². The summed E-state index contributed by atoms with van der Waals surface area (Å²) in [5.41, 5.74) is 6.18. The molecule has 108 valence electrons. The van der Waals surface area contributed by atoms with Gasteiger partial charge in [0.25, 0.3) is 0 Å². The number of benzene rings is 2. The standard InChI is InChI=1S/C13H9F2N3O2S/c14-7-3-8(15)5-10(4-7)21(19,20)9-1-2-12-11(6-9)13(16)18-17-12/h1-6H,(H3,16,17,18). The van der Waals surface area contributed by atoms with Crippen LogP contribution in [0, 0.1) is 11.6 Å². The van der Waals surface area contributed by atoms with Crippen LogP contribution in [0.5, 0.6) is 0 Å². The van der Waals surface area contributed by atoms with Gasteiger partial charge in [0.2, 0.25) is 9.84 Å². The first kappa shape index (κ1) is 13.5. The number of sulfone groups is 1. The zero-order chi connectivity index (χ0) is 15.2. The van der Waals surface area contributed by atoms with Crippen molar-refractivity contribution in [1.82, 2.24) is 10.2 Å². The van der Waals surface area contributed by atoms with E-state index in [1.165, 1.54) is 18.2 Å². The molecule has 0 aliphatic rings. The number of rotatable bonds is 2. The Morgan fingerprint density at radius 1 is 1.00 bits per heavy atom. The monoisotopic (exact) mass is 309 g/mol. The second kappa shape index (κ2) is 4.52. The number of nitrogens with two attached hydrogens (primary N) is 1. The van der Waals surface area contributed by atoms with E-state index in [9.17, 15) is 17.2 Å². The number of aromatic nitrogens is 2. The average molecular weight is 309 g/mol. The summed E-state index contributed by atoms with van der Waals surface area (Å²) in [4.78, 5) is -0.575. The summed E-state index contributed by atoms with van der Waals surface area (Å²) in [6, 6.07) is 6.25. The predicted molar refractivity (Wildman–Crippen MR) is 72.3 cm³/mol. The van der Waals surface area contributed by atoms with E-state index in [1.807, 2.05) is 0 Å². The fourth-order valence-corrected chi connectivity index (χ4v) is 3.33. The summed E-state index contributed by atoms with van der Waals surface area (Å²) in [5, 5.41) is 6.82. The Bertz CT molecular complexity index is 931. The molecule has 0 amide bonds. The fourth-order valence-electron chi connectivity index (χ4n) is 2.00. The number of aromatic amines is 1. The molecule has 3 N–H and O–H groups in total. The van der Waals surface area contributed by atoms with Gasteiger partial charge in [0.15, 0.2) is 5.82 Å². The molecule has 2 aromatic carbocycles. The molecule has 0 bridgehead atoms. The van der Waals surface area contributed by atoms with Crippen molar-refractivity contribution < 1.29 is 17.2 Å². The Morgan fingerprint density at radius 3 is 2.33 bits per heavy atom. The molecule has 0 spiro atoms. The molecule has 0 saturated carbocycles. The molecule has 0 saturated heterocycles. The van der Waals surface area contributed by atoms with E-state index in [0.29, 0.717) is 17.0 Å². The summed E-state index contributed by atoms with van der Waals surface area (Å²) in [5.74, 6) is -1.78. The van der Waals surface area contributed by atoms with Gasteiger partial charge in [0.1, 0.15) is 11.6 Å². The van der Waals surface area contributed by atoms with E-state index in [-0.39, 0.29) is 10.7 Å². The van der Waals surface area contributed by atoms with Crippen molar-refractivity contribution in [2.24, 2.45) is 0 Å². The molecule has 21 heavy (non-hydrogen) atoms. The fraction of sp³-hybridized carbons (Fsp3) is 0. The van der Waals surface area contributed by atoms with Crippen LogP contribution < -0.4 is 5.73 Å². The minimum absolute atomic E-state index is 0.117. The number of H-pyrrole nitrogens is 1. The van der Waals surface area contributed by atoms with Gasteiger partial charge < -0.3 is 5.73 Å². The minimum atomic E-state index is -4.05. The molecular weight excluding hydrogens is 300 g/mol. The highest BCUT2D eigenvalue weighted by molar-refractivity contribution is 7.91. The van der Waals surface area contributed by atoms with E-state index in [4.69, 9.17) is 5.73 Å². The van der Waals surface area contributed by atoms with Crippen LogP contribution in [0.15, 0.2) is 46.2 Å². The van der Waals surface area contributed by atoms with Gasteiger partial charge in [-0.1, -0.05) is 0 Å². The van der Waals surface area contributed by atoms with Crippen molar-refractivity contribution >= 4 is 26.6 Å². The number of hydrogen-bond donors (Lipinski definition) is 2. The molecule has 8 heteroatoms. The Labute approximate surface area is 118 Å². The summed E-state index contributed by atoms with van der Waals surface area (Å²) < 4.78 is 51.2. The number of nitrogens with zero attached hydrogens (tertiary/aromatic N) is 1. The van der Waals surface area contributed by atoms with Gasteiger partial charge in [-0.15, -0.1) is 0 Å². The number of hydrogen-bond acceptors (Lipinski definition) is 4. The van der Waals surface area contributed by atoms with E-state index < -0.39 is 26.4 Å². The number of anilines is 1. The van der Waals surface area contributed by atoms with Crippen LogP contribution in [0.25, 0.3) is 10.9 Å². The molecule has 0 aliphatic carbocycles. The lowest BCUT2D eigenvalue weighted by atomic mass is 10.2. The topological polar surface area (TPSA) is 88.8 Å². The average Bonchev–Trinajstić information content (AvgIpc) is 2.79. The third-order valence-electron chi connectivity index (χ3n) is 3.02. The van der Waals surface area contributed by atoms with Gasteiger partial charge in [-0.05, 0) is 30.3 Å². The van der Waals surface area contributed by atoms with Crippen molar-refractivity contribution in [1.29, 1.82) is 0 Å². The predicted octanol–water partition coefficient (Wildman–Crippen LogP) is 2.26. The van der Waals surface area contributed by atoms with Gasteiger partial charge >= 0.3 is 0 Å². The van der Waals surface area contributed by atoms with E-state index in [0.717, 1.165) is 12.1 Å². The third kappa shape index (κ3) is 2.23. The molecule has 3 rings (SSSR count). The molecule has 1 aromatic heterocycles. The molecule has 0 radical (unpaired) electrons. The largest absolute Gasteiger partial charge is 0.382 e. The molecule has 0 aliphatic heterocycles. The number of fused-ring (bicyclic) bond motifs is 1. The second-order valence-corrected chi connectivity index (χ2v) is 6.37. The first-order chi connectivity index (χ1) is 9.88. The molecular formula is C13H9F2N3O2S. The quantitative estimate of drug-likeness (QED) is 0.760.